The minimum Gasteiger partial charge on any atom is -0.350 e. The molecule has 0 saturated heterocycles. The zero-order chi connectivity index (χ0) is 15.4. The summed E-state index contributed by atoms with van der Waals surface area (Å²) in [6.45, 7) is 1.88. The Balaban J connectivity index is 1.91. The van der Waals surface area contributed by atoms with E-state index in [0.29, 0.717) is 17.3 Å². The minimum atomic E-state index is -2.64. The lowest BCUT2D eigenvalue weighted by Crippen LogP contribution is -2.28. The van der Waals surface area contributed by atoms with Crippen molar-refractivity contribution < 1.29 is 13.6 Å². The molecule has 1 heterocycles. The van der Waals surface area contributed by atoms with E-state index in [1.54, 1.807) is 31.2 Å². The van der Waals surface area contributed by atoms with Gasteiger partial charge in [-0.25, -0.2) is 8.78 Å². The van der Waals surface area contributed by atoms with E-state index in [1.807, 2.05) is 0 Å². The van der Waals surface area contributed by atoms with Crippen LogP contribution in [0.15, 0.2) is 30.3 Å². The highest BCUT2D eigenvalue weighted by molar-refractivity contribution is 6.30. The van der Waals surface area contributed by atoms with Crippen LogP contribution in [0.1, 0.15) is 23.4 Å². The summed E-state index contributed by atoms with van der Waals surface area (Å²) in [4.78, 5) is 11.8. The molecule has 0 aliphatic rings. The number of aromatic nitrogens is 2. The third-order valence-electron chi connectivity index (χ3n) is 2.92. The predicted octanol–water partition coefficient (Wildman–Crippen LogP) is 3.10. The molecule has 0 radical (unpaired) electrons. The molecule has 0 spiro atoms. The van der Waals surface area contributed by atoms with Gasteiger partial charge in [-0.3, -0.25) is 9.48 Å². The number of carbonyl (C=O) groups excluding carboxylic acids is 1. The van der Waals surface area contributed by atoms with Crippen LogP contribution in [0.25, 0.3) is 0 Å². The Hall–Kier alpha value is -1.95. The number of benzene rings is 1. The average Bonchev–Trinajstić information content (AvgIpc) is 2.80. The van der Waals surface area contributed by atoms with Crippen molar-refractivity contribution in [1.82, 2.24) is 15.1 Å². The van der Waals surface area contributed by atoms with Gasteiger partial charge >= 0.3 is 0 Å². The number of nitrogens with zero attached hydrogens (tertiary/aromatic N) is 2. The fraction of sp³-hybridized carbons (Fsp3) is 0.286. The molecule has 2 rings (SSSR count). The molecule has 1 aromatic carbocycles. The number of nitrogens with one attached hydrogen (secondary N) is 1. The molecule has 0 aliphatic heterocycles. The quantitative estimate of drug-likeness (QED) is 0.922. The Kier molecular flexibility index (Phi) is 4.90. The fourth-order valence-electron chi connectivity index (χ4n) is 1.80. The van der Waals surface area contributed by atoms with Crippen molar-refractivity contribution in [3.05, 3.63) is 52.3 Å². The van der Waals surface area contributed by atoms with Gasteiger partial charge in [-0.15, -0.1) is 0 Å². The van der Waals surface area contributed by atoms with Gasteiger partial charge in [0.15, 0.2) is 0 Å². The van der Waals surface area contributed by atoms with E-state index in [2.05, 4.69) is 10.4 Å². The summed E-state index contributed by atoms with van der Waals surface area (Å²) < 4.78 is 26.3. The highest BCUT2D eigenvalue weighted by Crippen LogP contribution is 2.17. The number of hydrogen-bond donors (Lipinski definition) is 1. The first-order chi connectivity index (χ1) is 9.95. The van der Waals surface area contributed by atoms with E-state index in [4.69, 9.17) is 11.6 Å². The molecule has 0 aliphatic carbocycles. The van der Waals surface area contributed by atoms with Crippen molar-refractivity contribution in [2.24, 2.45) is 0 Å². The number of halogens is 3. The van der Waals surface area contributed by atoms with Crippen molar-refractivity contribution in [1.29, 1.82) is 0 Å². The van der Waals surface area contributed by atoms with Crippen LogP contribution in [0.2, 0.25) is 5.02 Å². The maximum absolute atomic E-state index is 12.5. The first-order valence-corrected chi connectivity index (χ1v) is 6.67. The molecule has 0 atom stereocenters. The van der Waals surface area contributed by atoms with Crippen molar-refractivity contribution in [3.63, 3.8) is 0 Å². The molecule has 2 aromatic rings. The standard InChI is InChI=1S/C14H14ClF2N3O/c1-9-6-12(14(16)17)19-20(9)8-13(21)18-7-10-2-4-11(15)5-3-10/h2-6,14H,7-8H2,1H3,(H,18,21). The van der Waals surface area contributed by atoms with E-state index in [9.17, 15) is 13.6 Å². The highest BCUT2D eigenvalue weighted by atomic mass is 35.5. The Bertz CT molecular complexity index is 626. The average molecular weight is 314 g/mol. The largest absolute Gasteiger partial charge is 0.350 e. The van der Waals surface area contributed by atoms with E-state index >= 15 is 0 Å². The number of carbonyl (C=O) groups is 1. The Labute approximate surface area is 125 Å². The molecule has 1 amide bonds. The number of amides is 1. The van der Waals surface area contributed by atoms with Gasteiger partial charge < -0.3 is 5.32 Å². The van der Waals surface area contributed by atoms with E-state index in [1.165, 1.54) is 10.7 Å². The summed E-state index contributed by atoms with van der Waals surface area (Å²) in [5, 5.41) is 7.03. The van der Waals surface area contributed by atoms with Gasteiger partial charge in [0, 0.05) is 17.3 Å². The van der Waals surface area contributed by atoms with Crippen LogP contribution >= 0.6 is 11.6 Å². The third-order valence-corrected chi connectivity index (χ3v) is 3.17. The molecule has 1 aromatic heterocycles. The van der Waals surface area contributed by atoms with Gasteiger partial charge in [-0.05, 0) is 30.7 Å². The van der Waals surface area contributed by atoms with E-state index < -0.39 is 6.43 Å². The zero-order valence-corrected chi connectivity index (χ0v) is 12.1. The van der Waals surface area contributed by atoms with Crippen molar-refractivity contribution in [2.75, 3.05) is 0 Å². The molecule has 0 bridgehead atoms. The summed E-state index contributed by atoms with van der Waals surface area (Å²) >= 11 is 5.77. The topological polar surface area (TPSA) is 46.9 Å². The molecule has 112 valence electrons. The van der Waals surface area contributed by atoms with Gasteiger partial charge in [0.05, 0.1) is 0 Å². The van der Waals surface area contributed by atoms with Crippen LogP contribution in [-0.2, 0) is 17.9 Å². The first kappa shape index (κ1) is 15.4. The lowest BCUT2D eigenvalue weighted by Gasteiger charge is -2.07. The summed E-state index contributed by atoms with van der Waals surface area (Å²) in [5.74, 6) is -0.294. The molecule has 0 fully saturated rings. The van der Waals surface area contributed by atoms with Crippen molar-refractivity contribution >= 4 is 17.5 Å². The molecule has 0 saturated carbocycles. The van der Waals surface area contributed by atoms with Crippen molar-refractivity contribution in [2.45, 2.75) is 26.4 Å². The lowest BCUT2D eigenvalue weighted by molar-refractivity contribution is -0.122. The summed E-state index contributed by atoms with van der Waals surface area (Å²) in [6, 6.07) is 8.34. The normalized spacial score (nSPS) is 10.9. The summed E-state index contributed by atoms with van der Waals surface area (Å²) in [7, 11) is 0. The molecular formula is C14H14ClF2N3O. The number of aryl methyl sites for hydroxylation is 1. The second kappa shape index (κ2) is 6.67. The summed E-state index contributed by atoms with van der Waals surface area (Å²) in [6.07, 6.45) is -2.64. The molecule has 0 unspecified atom stereocenters. The van der Waals surface area contributed by atoms with Gasteiger partial charge in [-0.2, -0.15) is 5.10 Å². The molecule has 7 heteroatoms. The van der Waals surface area contributed by atoms with Crippen LogP contribution in [0, 0.1) is 6.92 Å². The number of hydrogen-bond acceptors (Lipinski definition) is 2. The second-order valence-electron chi connectivity index (χ2n) is 4.57. The van der Waals surface area contributed by atoms with E-state index in [-0.39, 0.29) is 18.1 Å². The molecular weight excluding hydrogens is 300 g/mol. The molecule has 1 N–H and O–H groups in total. The molecule has 21 heavy (non-hydrogen) atoms. The van der Waals surface area contributed by atoms with Crippen LogP contribution < -0.4 is 5.32 Å². The maximum Gasteiger partial charge on any atom is 0.282 e. The third kappa shape index (κ3) is 4.26. The van der Waals surface area contributed by atoms with Crippen LogP contribution in [0.5, 0.6) is 0 Å². The Morgan fingerprint density at radius 1 is 1.38 bits per heavy atom. The predicted molar refractivity (Wildman–Crippen MR) is 75.2 cm³/mol. The van der Waals surface area contributed by atoms with Crippen LogP contribution in [0.4, 0.5) is 8.78 Å². The number of alkyl halides is 2. The smallest absolute Gasteiger partial charge is 0.282 e. The lowest BCUT2D eigenvalue weighted by atomic mass is 10.2. The zero-order valence-electron chi connectivity index (χ0n) is 11.3. The fourth-order valence-corrected chi connectivity index (χ4v) is 1.92. The van der Waals surface area contributed by atoms with Crippen LogP contribution in [0.3, 0.4) is 0 Å². The minimum absolute atomic E-state index is 0.0911. The summed E-state index contributed by atoms with van der Waals surface area (Å²) in [5.41, 5.74) is 1.10. The van der Waals surface area contributed by atoms with E-state index in [0.717, 1.165) is 5.56 Å². The Morgan fingerprint density at radius 3 is 2.62 bits per heavy atom. The van der Waals surface area contributed by atoms with Gasteiger partial charge in [-0.1, -0.05) is 23.7 Å². The highest BCUT2D eigenvalue weighted by Gasteiger charge is 2.14. The monoisotopic (exact) mass is 313 g/mol. The second-order valence-corrected chi connectivity index (χ2v) is 5.01. The number of rotatable bonds is 5. The van der Waals surface area contributed by atoms with Gasteiger partial charge in [0.2, 0.25) is 5.91 Å². The molecule has 4 nitrogen and oxygen atoms in total. The Morgan fingerprint density at radius 2 is 2.05 bits per heavy atom. The van der Waals surface area contributed by atoms with Crippen molar-refractivity contribution in [3.8, 4) is 0 Å². The maximum atomic E-state index is 12.5. The van der Waals surface area contributed by atoms with Crippen LogP contribution in [-0.4, -0.2) is 15.7 Å². The van der Waals surface area contributed by atoms with Gasteiger partial charge in [0.25, 0.3) is 6.43 Å². The van der Waals surface area contributed by atoms with Gasteiger partial charge in [0.1, 0.15) is 12.2 Å². The SMILES string of the molecule is Cc1cc(C(F)F)nn1CC(=O)NCc1ccc(Cl)cc1. The first-order valence-electron chi connectivity index (χ1n) is 6.29.